The molecular weight excluding hydrogens is 664 g/mol. The standard InChI is InChI=1S/C37H41F2N5O5S/c1-22(34(45)46)18-23-8-6-9-24(19-23)37(4)14-7-13-36(2,3)21-50(47,48)17-12-27-26-11-16-41-31(26)29(38)30(39)32(27)49-25-10-15-40-28(20-25)33-42-35(37)43-44(33)5/h6,8-11,15-16,19-20,22,41H,7,12-14,17-18,21H2,1-5H3,(H,45,46)/t22-,37+/m0/s1. The van der Waals surface area contributed by atoms with Gasteiger partial charge < -0.3 is 14.8 Å². The lowest BCUT2D eigenvalue weighted by Gasteiger charge is -2.31. The summed E-state index contributed by atoms with van der Waals surface area (Å²) < 4.78 is 65.8. The fraction of sp³-hybridized carbons (Fsp3) is 0.405. The van der Waals surface area contributed by atoms with Crippen LogP contribution in [0.2, 0.25) is 0 Å². The van der Waals surface area contributed by atoms with E-state index >= 15 is 8.78 Å². The van der Waals surface area contributed by atoms with E-state index in [4.69, 9.17) is 14.8 Å². The predicted molar refractivity (Wildman–Crippen MR) is 186 cm³/mol. The first-order valence-electron chi connectivity index (χ1n) is 16.6. The second-order valence-corrected chi connectivity index (χ2v) is 16.6. The number of pyridine rings is 1. The van der Waals surface area contributed by atoms with Gasteiger partial charge in [0.15, 0.2) is 33.1 Å². The van der Waals surface area contributed by atoms with Crippen molar-refractivity contribution in [3.63, 3.8) is 0 Å². The number of carbonyl (C=O) groups is 1. The van der Waals surface area contributed by atoms with Gasteiger partial charge in [-0.2, -0.15) is 9.49 Å². The Labute approximate surface area is 289 Å². The maximum Gasteiger partial charge on any atom is 0.306 e. The fourth-order valence-corrected chi connectivity index (χ4v) is 8.96. The van der Waals surface area contributed by atoms with E-state index in [1.165, 1.54) is 18.5 Å². The molecule has 264 valence electrons. The van der Waals surface area contributed by atoms with E-state index < -0.39 is 44.2 Å². The normalized spacial score (nSPS) is 19.9. The third-order valence-electron chi connectivity index (χ3n) is 9.73. The molecule has 2 N–H and O–H groups in total. The topological polar surface area (TPSA) is 140 Å². The number of carboxylic acid groups (broad SMARTS) is 1. The molecule has 6 rings (SSSR count). The van der Waals surface area contributed by atoms with Gasteiger partial charge >= 0.3 is 5.97 Å². The summed E-state index contributed by atoms with van der Waals surface area (Å²) >= 11 is 0. The lowest BCUT2D eigenvalue weighted by Crippen LogP contribution is -2.29. The van der Waals surface area contributed by atoms with Crippen LogP contribution in [-0.2, 0) is 39.9 Å². The van der Waals surface area contributed by atoms with Crippen molar-refractivity contribution in [3.05, 3.63) is 89.0 Å². The van der Waals surface area contributed by atoms with Gasteiger partial charge in [0, 0.05) is 36.5 Å². The van der Waals surface area contributed by atoms with E-state index in [-0.39, 0.29) is 40.5 Å². The van der Waals surface area contributed by atoms with Crippen LogP contribution in [0.15, 0.2) is 54.9 Å². The molecule has 0 radical (unpaired) electrons. The number of nitrogens with one attached hydrogen (secondary N) is 1. The summed E-state index contributed by atoms with van der Waals surface area (Å²) in [6.07, 6.45) is 5.01. The third kappa shape index (κ3) is 7.01. The summed E-state index contributed by atoms with van der Waals surface area (Å²) in [5, 5.41) is 14.7. The van der Waals surface area contributed by atoms with Crippen molar-refractivity contribution < 1.29 is 31.8 Å². The Hall–Kier alpha value is -4.65. The molecule has 0 saturated heterocycles. The molecule has 13 heteroatoms. The molecule has 2 aromatic carbocycles. The molecule has 5 aromatic rings. The second-order valence-electron chi connectivity index (χ2n) is 14.4. The van der Waals surface area contributed by atoms with Gasteiger partial charge in [-0.25, -0.2) is 22.5 Å². The molecule has 2 atom stereocenters. The second kappa shape index (κ2) is 13.2. The smallest absolute Gasteiger partial charge is 0.306 e. The number of aromatic amines is 1. The van der Waals surface area contributed by atoms with Crippen molar-refractivity contribution in [2.75, 3.05) is 11.5 Å². The number of benzene rings is 2. The number of H-pyrrole nitrogens is 1. The van der Waals surface area contributed by atoms with Crippen molar-refractivity contribution in [2.45, 2.75) is 65.2 Å². The number of halogens is 2. The van der Waals surface area contributed by atoms with Gasteiger partial charge in [-0.1, -0.05) is 51.5 Å². The van der Waals surface area contributed by atoms with Crippen LogP contribution in [0, 0.1) is 23.0 Å². The van der Waals surface area contributed by atoms with Crippen LogP contribution in [0.4, 0.5) is 8.78 Å². The monoisotopic (exact) mass is 705 g/mol. The molecule has 1 aliphatic rings. The van der Waals surface area contributed by atoms with Gasteiger partial charge in [-0.3, -0.25) is 9.78 Å². The third-order valence-corrected chi connectivity index (χ3v) is 11.8. The van der Waals surface area contributed by atoms with Crippen molar-refractivity contribution in [2.24, 2.45) is 18.4 Å². The highest BCUT2D eigenvalue weighted by atomic mass is 32.2. The molecule has 1 aliphatic heterocycles. The zero-order valence-electron chi connectivity index (χ0n) is 28.8. The molecule has 3 aromatic heterocycles. The van der Waals surface area contributed by atoms with Crippen LogP contribution < -0.4 is 4.74 Å². The number of carboxylic acids is 1. The Kier molecular flexibility index (Phi) is 9.31. The highest BCUT2D eigenvalue weighted by Gasteiger charge is 2.36. The average Bonchev–Trinajstić information content (AvgIpc) is 3.70. The number of hydrogen-bond donors (Lipinski definition) is 2. The number of hydrogen-bond acceptors (Lipinski definition) is 7. The quantitative estimate of drug-likeness (QED) is 0.201. The van der Waals surface area contributed by atoms with Gasteiger partial charge in [0.05, 0.1) is 28.4 Å². The first kappa shape index (κ1) is 35.2. The Morgan fingerprint density at radius 2 is 1.90 bits per heavy atom. The highest BCUT2D eigenvalue weighted by Crippen LogP contribution is 2.41. The number of ether oxygens (including phenoxy) is 1. The van der Waals surface area contributed by atoms with E-state index in [1.807, 2.05) is 45.0 Å². The van der Waals surface area contributed by atoms with Crippen molar-refractivity contribution in [1.29, 1.82) is 0 Å². The summed E-state index contributed by atoms with van der Waals surface area (Å²) in [6, 6.07) is 12.4. The predicted octanol–water partition coefficient (Wildman–Crippen LogP) is 7.17. The lowest BCUT2D eigenvalue weighted by molar-refractivity contribution is -0.141. The zero-order valence-corrected chi connectivity index (χ0v) is 29.6. The zero-order chi connectivity index (χ0) is 36.0. The number of sulfone groups is 1. The maximum absolute atomic E-state index is 15.7. The summed E-state index contributed by atoms with van der Waals surface area (Å²) in [7, 11) is -1.91. The Balaban J connectivity index is 1.49. The first-order chi connectivity index (χ1) is 23.6. The summed E-state index contributed by atoms with van der Waals surface area (Å²) in [6.45, 7) is 7.54. The summed E-state index contributed by atoms with van der Waals surface area (Å²) in [5.41, 5.74) is 0.992. The van der Waals surface area contributed by atoms with Crippen LogP contribution in [-0.4, -0.2) is 55.7 Å². The van der Waals surface area contributed by atoms with E-state index in [9.17, 15) is 18.3 Å². The van der Waals surface area contributed by atoms with E-state index in [1.54, 1.807) is 30.8 Å². The molecule has 0 fully saturated rings. The molecule has 0 saturated carbocycles. The highest BCUT2D eigenvalue weighted by molar-refractivity contribution is 7.91. The summed E-state index contributed by atoms with van der Waals surface area (Å²) in [4.78, 5) is 23.8. The Bertz CT molecular complexity index is 2200. The Morgan fingerprint density at radius 3 is 2.66 bits per heavy atom. The maximum atomic E-state index is 15.7. The van der Waals surface area contributed by atoms with Crippen molar-refractivity contribution in [3.8, 4) is 23.0 Å². The minimum atomic E-state index is -3.65. The lowest BCUT2D eigenvalue weighted by atomic mass is 9.75. The number of aromatic nitrogens is 5. The van der Waals surface area contributed by atoms with Gasteiger partial charge in [0.1, 0.15) is 11.4 Å². The minimum Gasteiger partial charge on any atom is -0.481 e. The number of aryl methyl sites for hydroxylation is 2. The molecule has 4 bridgehead atoms. The van der Waals surface area contributed by atoms with E-state index in [0.717, 1.165) is 11.1 Å². The fourth-order valence-electron chi connectivity index (χ4n) is 6.96. The number of rotatable bonds is 4. The molecular formula is C37H41F2N5O5S. The average molecular weight is 706 g/mol. The van der Waals surface area contributed by atoms with Crippen LogP contribution in [0.25, 0.3) is 22.4 Å². The number of fused-ring (bicyclic) bond motifs is 8. The SMILES string of the molecule is C[C@@H](Cc1cccc([C@@]2(C)CCCC(C)(C)CS(=O)(=O)CCc3c(c(F)c(F)c4[nH]ccc34)Oc3ccnc(c3)-c3nc2nn3C)c1)C(=O)O. The van der Waals surface area contributed by atoms with Crippen LogP contribution >= 0.6 is 0 Å². The van der Waals surface area contributed by atoms with Gasteiger partial charge in [0.25, 0.3) is 0 Å². The number of nitrogens with zero attached hydrogens (tertiary/aromatic N) is 4. The molecule has 0 spiro atoms. The molecule has 4 heterocycles. The largest absolute Gasteiger partial charge is 0.481 e. The molecule has 0 amide bonds. The molecule has 0 unspecified atom stereocenters. The first-order valence-corrected chi connectivity index (χ1v) is 18.4. The molecule has 10 nitrogen and oxygen atoms in total. The van der Waals surface area contributed by atoms with Crippen LogP contribution in [0.3, 0.4) is 0 Å². The van der Waals surface area contributed by atoms with Crippen LogP contribution in [0.1, 0.15) is 69.5 Å². The summed E-state index contributed by atoms with van der Waals surface area (Å²) in [5.74, 6) is -3.48. The van der Waals surface area contributed by atoms with Crippen LogP contribution in [0.5, 0.6) is 11.5 Å². The van der Waals surface area contributed by atoms with Gasteiger partial charge in [0.2, 0.25) is 5.82 Å². The van der Waals surface area contributed by atoms with E-state index in [2.05, 4.69) is 9.97 Å². The Morgan fingerprint density at radius 1 is 1.12 bits per heavy atom. The molecule has 50 heavy (non-hydrogen) atoms. The van der Waals surface area contributed by atoms with Crippen molar-refractivity contribution in [1.82, 2.24) is 24.7 Å². The minimum absolute atomic E-state index is 0.0586. The van der Waals surface area contributed by atoms with Crippen molar-refractivity contribution >= 4 is 26.7 Å². The molecule has 0 aliphatic carbocycles. The van der Waals surface area contributed by atoms with E-state index in [0.29, 0.717) is 48.4 Å². The van der Waals surface area contributed by atoms with Gasteiger partial charge in [-0.15, -0.1) is 0 Å². The van der Waals surface area contributed by atoms with Gasteiger partial charge in [-0.05, 0) is 61.3 Å². The number of aliphatic carboxylic acids is 1.